The van der Waals surface area contributed by atoms with Gasteiger partial charge in [0.15, 0.2) is 10.9 Å². The molecule has 1 aromatic heterocycles. The van der Waals surface area contributed by atoms with E-state index in [0.29, 0.717) is 27.1 Å². The second-order valence-electron chi connectivity index (χ2n) is 5.58. The number of nitrogens with one attached hydrogen (secondary N) is 2. The van der Waals surface area contributed by atoms with Crippen molar-refractivity contribution >= 4 is 58.1 Å². The van der Waals surface area contributed by atoms with Gasteiger partial charge in [0.1, 0.15) is 5.76 Å². The monoisotopic (exact) mass is 434 g/mol. The summed E-state index contributed by atoms with van der Waals surface area (Å²) in [6, 6.07) is 14.1. The van der Waals surface area contributed by atoms with Gasteiger partial charge in [-0.25, -0.2) is 4.79 Å². The fourth-order valence-corrected chi connectivity index (χ4v) is 2.80. The van der Waals surface area contributed by atoms with Crippen molar-refractivity contribution in [2.75, 3.05) is 5.32 Å². The summed E-state index contributed by atoms with van der Waals surface area (Å²) in [7, 11) is 0. The van der Waals surface area contributed by atoms with Gasteiger partial charge in [-0.2, -0.15) is 0 Å². The number of carbonyl (C=O) groups is 2. The minimum atomic E-state index is -1.03. The van der Waals surface area contributed by atoms with Crippen LogP contribution in [0.3, 0.4) is 0 Å². The van der Waals surface area contributed by atoms with Crippen molar-refractivity contribution in [2.24, 2.45) is 0 Å². The topological polar surface area (TPSA) is 91.6 Å². The highest BCUT2D eigenvalue weighted by molar-refractivity contribution is 7.80. The lowest BCUT2D eigenvalue weighted by Gasteiger charge is -2.08. The molecule has 142 valence electrons. The molecule has 0 aliphatic rings. The zero-order chi connectivity index (χ0) is 20.3. The summed E-state index contributed by atoms with van der Waals surface area (Å²) in [5.41, 5.74) is 1.35. The molecule has 3 rings (SSSR count). The molecule has 2 aromatic carbocycles. The van der Waals surface area contributed by atoms with E-state index in [1.54, 1.807) is 24.3 Å². The smallest absolute Gasteiger partial charge is 0.335 e. The van der Waals surface area contributed by atoms with E-state index in [2.05, 4.69) is 10.6 Å². The van der Waals surface area contributed by atoms with Gasteiger partial charge in [0.2, 0.25) is 0 Å². The number of thiocarbonyl (C=S) groups is 1. The fraction of sp³-hybridized carbons (Fsp3) is 0. The van der Waals surface area contributed by atoms with Gasteiger partial charge in [-0.3, -0.25) is 10.1 Å². The summed E-state index contributed by atoms with van der Waals surface area (Å²) < 4.78 is 5.55. The minimum Gasteiger partial charge on any atom is -0.478 e. The average Bonchev–Trinajstić information content (AvgIpc) is 3.14. The first kappa shape index (κ1) is 19.9. The van der Waals surface area contributed by atoms with Crippen LogP contribution in [0.4, 0.5) is 5.69 Å². The highest BCUT2D eigenvalue weighted by Crippen LogP contribution is 2.29. The Bertz CT molecular complexity index is 1060. The van der Waals surface area contributed by atoms with Crippen molar-refractivity contribution in [3.05, 3.63) is 76.0 Å². The maximum absolute atomic E-state index is 12.3. The fourth-order valence-electron chi connectivity index (χ4n) is 2.29. The van der Waals surface area contributed by atoms with Crippen LogP contribution < -0.4 is 10.6 Å². The van der Waals surface area contributed by atoms with Gasteiger partial charge in [0, 0.05) is 11.3 Å². The van der Waals surface area contributed by atoms with E-state index in [0.717, 1.165) is 0 Å². The lowest BCUT2D eigenvalue weighted by atomic mass is 10.2. The summed E-state index contributed by atoms with van der Waals surface area (Å²) in [4.78, 5) is 23.1. The number of hydrogen-bond donors (Lipinski definition) is 3. The van der Waals surface area contributed by atoms with Crippen molar-refractivity contribution in [1.82, 2.24) is 5.32 Å². The molecule has 3 N–H and O–H groups in total. The van der Waals surface area contributed by atoms with Gasteiger partial charge in [0.25, 0.3) is 5.91 Å². The summed E-state index contributed by atoms with van der Waals surface area (Å²) in [6.45, 7) is 0. The minimum absolute atomic E-state index is 0.0422. The van der Waals surface area contributed by atoms with Gasteiger partial charge < -0.3 is 14.8 Å². The normalized spacial score (nSPS) is 10.4. The van der Waals surface area contributed by atoms with Gasteiger partial charge >= 0.3 is 5.97 Å². The Morgan fingerprint density at radius 2 is 1.68 bits per heavy atom. The van der Waals surface area contributed by atoms with E-state index in [9.17, 15) is 9.59 Å². The average molecular weight is 435 g/mol. The van der Waals surface area contributed by atoms with Crippen LogP contribution in [0, 0.1) is 0 Å². The molecule has 1 amide bonds. The van der Waals surface area contributed by atoms with E-state index in [-0.39, 0.29) is 16.4 Å². The van der Waals surface area contributed by atoms with E-state index in [4.69, 9.17) is 44.9 Å². The maximum atomic E-state index is 12.3. The Balaban J connectivity index is 1.64. The lowest BCUT2D eigenvalue weighted by Crippen LogP contribution is -2.33. The first-order valence-corrected chi connectivity index (χ1v) is 9.01. The Hall–Kier alpha value is -2.87. The molecule has 0 saturated heterocycles. The van der Waals surface area contributed by atoms with Crippen molar-refractivity contribution in [1.29, 1.82) is 0 Å². The number of furan rings is 1. The van der Waals surface area contributed by atoms with Gasteiger partial charge in [-0.05, 0) is 66.8 Å². The predicted octanol–water partition coefficient (Wildman–Crippen LogP) is 5.08. The van der Waals surface area contributed by atoms with Crippen LogP contribution in [0.15, 0.2) is 59.0 Å². The van der Waals surface area contributed by atoms with Crippen LogP contribution in [0.2, 0.25) is 10.0 Å². The molecule has 9 heteroatoms. The third-order valence-corrected chi connectivity index (χ3v) is 4.59. The van der Waals surface area contributed by atoms with Crippen molar-refractivity contribution in [2.45, 2.75) is 0 Å². The van der Waals surface area contributed by atoms with Gasteiger partial charge in [-0.1, -0.05) is 23.2 Å². The SMILES string of the molecule is O=C(O)c1ccc(NC(=S)NC(=O)c2ccc(-c3ccc(Cl)c(Cl)c3)o2)cc1. The first-order valence-electron chi connectivity index (χ1n) is 7.84. The molecule has 0 aliphatic carbocycles. The van der Waals surface area contributed by atoms with Gasteiger partial charge in [-0.15, -0.1) is 0 Å². The van der Waals surface area contributed by atoms with Crippen LogP contribution in [0.5, 0.6) is 0 Å². The molecule has 0 spiro atoms. The number of anilines is 1. The number of carboxylic acid groups (broad SMARTS) is 1. The molecule has 28 heavy (non-hydrogen) atoms. The predicted molar refractivity (Wildman–Crippen MR) is 111 cm³/mol. The number of carbonyl (C=O) groups excluding carboxylic acids is 1. The molecule has 0 unspecified atom stereocenters. The second kappa shape index (κ2) is 8.43. The molecule has 0 saturated carbocycles. The summed E-state index contributed by atoms with van der Waals surface area (Å²) in [5.74, 6) is -1.05. The molecule has 0 bridgehead atoms. The zero-order valence-corrected chi connectivity index (χ0v) is 16.4. The first-order chi connectivity index (χ1) is 13.3. The zero-order valence-electron chi connectivity index (χ0n) is 14.0. The van der Waals surface area contributed by atoms with Gasteiger partial charge in [0.05, 0.1) is 15.6 Å². The van der Waals surface area contributed by atoms with Crippen molar-refractivity contribution in [3.63, 3.8) is 0 Å². The Morgan fingerprint density at radius 1 is 0.964 bits per heavy atom. The van der Waals surface area contributed by atoms with Crippen LogP contribution in [0.1, 0.15) is 20.9 Å². The number of carboxylic acids is 1. The largest absolute Gasteiger partial charge is 0.478 e. The van der Waals surface area contributed by atoms with Crippen LogP contribution >= 0.6 is 35.4 Å². The third-order valence-electron chi connectivity index (χ3n) is 3.65. The summed E-state index contributed by atoms with van der Waals surface area (Å²) in [5, 5.41) is 15.0. The number of aromatic carboxylic acids is 1. The number of halogens is 2. The highest BCUT2D eigenvalue weighted by atomic mass is 35.5. The molecule has 0 fully saturated rings. The quantitative estimate of drug-likeness (QED) is 0.496. The number of benzene rings is 2. The number of rotatable bonds is 4. The Morgan fingerprint density at radius 3 is 2.32 bits per heavy atom. The van der Waals surface area contributed by atoms with E-state index in [1.807, 2.05) is 0 Å². The van der Waals surface area contributed by atoms with E-state index >= 15 is 0 Å². The molecule has 0 radical (unpaired) electrons. The third kappa shape index (κ3) is 4.69. The summed E-state index contributed by atoms with van der Waals surface area (Å²) in [6.07, 6.45) is 0. The standard InChI is InChI=1S/C19H12Cl2N2O4S/c20-13-6-3-11(9-14(13)21)15-7-8-16(27-15)17(24)23-19(28)22-12-4-1-10(2-5-12)18(25)26/h1-9H,(H,25,26)(H2,22,23,24,28). The molecular weight excluding hydrogens is 423 g/mol. The molecule has 1 heterocycles. The van der Waals surface area contributed by atoms with Crippen LogP contribution in [-0.4, -0.2) is 22.1 Å². The van der Waals surface area contributed by atoms with Crippen LogP contribution in [0.25, 0.3) is 11.3 Å². The van der Waals surface area contributed by atoms with E-state index < -0.39 is 11.9 Å². The van der Waals surface area contributed by atoms with Crippen molar-refractivity contribution < 1.29 is 19.1 Å². The molecule has 6 nitrogen and oxygen atoms in total. The maximum Gasteiger partial charge on any atom is 0.335 e. The highest BCUT2D eigenvalue weighted by Gasteiger charge is 2.14. The molecule has 3 aromatic rings. The number of amides is 1. The molecular formula is C19H12Cl2N2O4S. The van der Waals surface area contributed by atoms with Crippen LogP contribution in [-0.2, 0) is 0 Å². The molecule has 0 atom stereocenters. The second-order valence-corrected chi connectivity index (χ2v) is 6.81. The molecule has 0 aliphatic heterocycles. The summed E-state index contributed by atoms with van der Waals surface area (Å²) >= 11 is 17.0. The Labute approximate surface area is 175 Å². The van der Waals surface area contributed by atoms with Crippen molar-refractivity contribution in [3.8, 4) is 11.3 Å². The number of hydrogen-bond acceptors (Lipinski definition) is 4. The lowest BCUT2D eigenvalue weighted by molar-refractivity contribution is 0.0696. The van der Waals surface area contributed by atoms with E-state index in [1.165, 1.54) is 30.3 Å². The Kier molecular flexibility index (Phi) is 5.99.